The van der Waals surface area contributed by atoms with Crippen molar-refractivity contribution < 1.29 is 14.3 Å². The van der Waals surface area contributed by atoms with E-state index in [9.17, 15) is 9.59 Å². The molecule has 24 heavy (non-hydrogen) atoms. The van der Waals surface area contributed by atoms with Gasteiger partial charge in [0.05, 0.1) is 0 Å². The van der Waals surface area contributed by atoms with Gasteiger partial charge < -0.3 is 14.5 Å². The lowest BCUT2D eigenvalue weighted by atomic mass is 10.1. The van der Waals surface area contributed by atoms with Gasteiger partial charge in [0.2, 0.25) is 5.91 Å². The van der Waals surface area contributed by atoms with Gasteiger partial charge in [-0.2, -0.15) is 0 Å². The fourth-order valence-electron chi connectivity index (χ4n) is 2.70. The fourth-order valence-corrected chi connectivity index (χ4v) is 2.70. The number of rotatable bonds is 4. The van der Waals surface area contributed by atoms with Gasteiger partial charge in [0, 0.05) is 51.2 Å². The molecule has 0 unspecified atom stereocenters. The molecule has 1 rings (SSSR count). The van der Waals surface area contributed by atoms with Gasteiger partial charge in [-0.15, -0.1) is 0 Å². The van der Waals surface area contributed by atoms with E-state index in [1.54, 1.807) is 4.90 Å². The Morgan fingerprint density at radius 1 is 1.00 bits per heavy atom. The van der Waals surface area contributed by atoms with Crippen LogP contribution in [0.2, 0.25) is 0 Å². The van der Waals surface area contributed by atoms with E-state index < -0.39 is 5.60 Å². The second-order valence-corrected chi connectivity index (χ2v) is 8.38. The van der Waals surface area contributed by atoms with Crippen LogP contribution in [-0.4, -0.2) is 77.1 Å². The number of ether oxygens (including phenoxy) is 1. The lowest BCUT2D eigenvalue weighted by molar-refractivity contribution is -0.132. The van der Waals surface area contributed by atoms with Crippen molar-refractivity contribution in [2.75, 3.05) is 39.3 Å². The zero-order valence-corrected chi connectivity index (χ0v) is 16.5. The first-order valence-electron chi connectivity index (χ1n) is 8.95. The molecule has 0 atom stereocenters. The number of hydrogen-bond donors (Lipinski definition) is 0. The first-order valence-corrected chi connectivity index (χ1v) is 8.95. The number of hydrogen-bond acceptors (Lipinski definition) is 4. The van der Waals surface area contributed by atoms with Gasteiger partial charge in [-0.25, -0.2) is 4.79 Å². The molecule has 1 aliphatic heterocycles. The number of amides is 2. The van der Waals surface area contributed by atoms with Crippen LogP contribution in [0.15, 0.2) is 0 Å². The predicted molar refractivity (Wildman–Crippen MR) is 96.0 cm³/mol. The van der Waals surface area contributed by atoms with Crippen LogP contribution in [-0.2, 0) is 9.53 Å². The highest BCUT2D eigenvalue weighted by Gasteiger charge is 2.31. The summed E-state index contributed by atoms with van der Waals surface area (Å²) >= 11 is 0. The van der Waals surface area contributed by atoms with E-state index >= 15 is 0 Å². The Morgan fingerprint density at radius 2 is 1.54 bits per heavy atom. The number of piperazine rings is 1. The van der Waals surface area contributed by atoms with Crippen molar-refractivity contribution in [1.82, 2.24) is 14.7 Å². The van der Waals surface area contributed by atoms with Gasteiger partial charge in [0.1, 0.15) is 5.60 Å². The van der Waals surface area contributed by atoms with Gasteiger partial charge in [0.15, 0.2) is 0 Å². The first-order chi connectivity index (χ1) is 10.9. The summed E-state index contributed by atoms with van der Waals surface area (Å²) < 4.78 is 5.54. The van der Waals surface area contributed by atoms with Crippen LogP contribution in [0.1, 0.15) is 54.9 Å². The molecule has 0 aromatic rings. The Morgan fingerprint density at radius 3 is 1.96 bits per heavy atom. The molecule has 1 fully saturated rings. The minimum atomic E-state index is -0.493. The molecule has 0 aromatic heterocycles. The van der Waals surface area contributed by atoms with Gasteiger partial charge in [-0.05, 0) is 41.5 Å². The van der Waals surface area contributed by atoms with Crippen LogP contribution >= 0.6 is 0 Å². The maximum Gasteiger partial charge on any atom is 0.410 e. The van der Waals surface area contributed by atoms with Crippen LogP contribution in [0.4, 0.5) is 4.79 Å². The summed E-state index contributed by atoms with van der Waals surface area (Å²) in [5.41, 5.74) is -0.783. The van der Waals surface area contributed by atoms with Gasteiger partial charge >= 0.3 is 6.09 Å². The zero-order chi connectivity index (χ0) is 18.5. The summed E-state index contributed by atoms with van der Waals surface area (Å²) in [7, 11) is 0. The van der Waals surface area contributed by atoms with Gasteiger partial charge in [-0.1, -0.05) is 6.92 Å². The third kappa shape index (κ3) is 6.67. The monoisotopic (exact) mass is 341 g/mol. The fraction of sp³-hybridized carbons (Fsp3) is 0.889. The maximum absolute atomic E-state index is 12.5. The summed E-state index contributed by atoms with van der Waals surface area (Å²) in [5.74, 6) is 0.222. The van der Waals surface area contributed by atoms with E-state index in [0.717, 1.165) is 32.7 Å². The van der Waals surface area contributed by atoms with Crippen molar-refractivity contribution in [2.24, 2.45) is 0 Å². The highest BCUT2D eigenvalue weighted by molar-refractivity contribution is 5.75. The average Bonchev–Trinajstić information content (AvgIpc) is 2.44. The second-order valence-electron chi connectivity index (χ2n) is 8.38. The van der Waals surface area contributed by atoms with Crippen LogP contribution in [0.25, 0.3) is 0 Å². The summed E-state index contributed by atoms with van der Waals surface area (Å²) in [6.07, 6.45) is 0.297. The molecule has 0 radical (unpaired) electrons. The molecule has 6 heteroatoms. The molecule has 0 aromatic carbocycles. The van der Waals surface area contributed by atoms with E-state index in [-0.39, 0.29) is 17.5 Å². The van der Waals surface area contributed by atoms with Crippen molar-refractivity contribution in [1.29, 1.82) is 0 Å². The van der Waals surface area contributed by atoms with E-state index in [1.165, 1.54) is 0 Å². The molecule has 0 spiro atoms. The van der Waals surface area contributed by atoms with Crippen LogP contribution in [0, 0.1) is 0 Å². The van der Waals surface area contributed by atoms with Gasteiger partial charge in [0.25, 0.3) is 0 Å². The lowest BCUT2D eigenvalue weighted by Crippen LogP contribution is -2.53. The Hall–Kier alpha value is -1.30. The molecule has 1 aliphatic rings. The molecule has 0 bridgehead atoms. The zero-order valence-electron chi connectivity index (χ0n) is 16.5. The first kappa shape index (κ1) is 20.7. The molecule has 6 nitrogen and oxygen atoms in total. The summed E-state index contributed by atoms with van der Waals surface area (Å²) in [4.78, 5) is 30.2. The molecule has 140 valence electrons. The highest BCUT2D eigenvalue weighted by atomic mass is 16.6. The topological polar surface area (TPSA) is 53.1 Å². The molecule has 0 saturated carbocycles. The van der Waals surface area contributed by atoms with Crippen LogP contribution in [0.3, 0.4) is 0 Å². The van der Waals surface area contributed by atoms with Crippen molar-refractivity contribution in [3.63, 3.8) is 0 Å². The molecular weight excluding hydrogens is 306 g/mol. The molecule has 0 aliphatic carbocycles. The average molecular weight is 341 g/mol. The second kappa shape index (κ2) is 8.19. The Bertz CT molecular complexity index is 430. The molecule has 1 saturated heterocycles. The quantitative estimate of drug-likeness (QED) is 0.789. The van der Waals surface area contributed by atoms with Crippen molar-refractivity contribution in [2.45, 2.75) is 66.0 Å². The van der Waals surface area contributed by atoms with Crippen molar-refractivity contribution in [3.8, 4) is 0 Å². The molecule has 0 N–H and O–H groups in total. The normalized spacial score (nSPS) is 16.9. The number of nitrogens with zero attached hydrogens (tertiary/aromatic N) is 3. The van der Waals surface area contributed by atoms with E-state index in [4.69, 9.17) is 4.74 Å². The molecule has 1 heterocycles. The highest BCUT2D eigenvalue weighted by Crippen LogP contribution is 2.18. The third-order valence-corrected chi connectivity index (χ3v) is 4.09. The Balaban J connectivity index is 2.55. The standard InChI is InChI=1S/C18H35N3O3/c1-8-15(22)20-12-9-19(10-13-20)11-14-21(17(2,3)4)16(23)24-18(5,6)7/h8-14H2,1-7H3. The van der Waals surface area contributed by atoms with E-state index in [1.807, 2.05) is 53.4 Å². The Labute approximate surface area is 147 Å². The van der Waals surface area contributed by atoms with Crippen LogP contribution < -0.4 is 0 Å². The third-order valence-electron chi connectivity index (χ3n) is 4.09. The summed E-state index contributed by atoms with van der Waals surface area (Å²) in [6.45, 7) is 18.3. The molecular formula is C18H35N3O3. The van der Waals surface area contributed by atoms with Crippen molar-refractivity contribution >= 4 is 12.0 Å². The minimum absolute atomic E-state index is 0.222. The predicted octanol–water partition coefficient (Wildman–Crippen LogP) is 2.58. The lowest BCUT2D eigenvalue weighted by Gasteiger charge is -2.39. The van der Waals surface area contributed by atoms with E-state index in [2.05, 4.69) is 4.90 Å². The minimum Gasteiger partial charge on any atom is -0.444 e. The number of carbonyl (C=O) groups excluding carboxylic acids is 2. The largest absolute Gasteiger partial charge is 0.444 e. The summed E-state index contributed by atoms with van der Waals surface area (Å²) in [5, 5.41) is 0. The maximum atomic E-state index is 12.5. The van der Waals surface area contributed by atoms with Crippen molar-refractivity contribution in [3.05, 3.63) is 0 Å². The SMILES string of the molecule is CCC(=O)N1CCN(CCN(C(=O)OC(C)(C)C)C(C)(C)C)CC1. The summed E-state index contributed by atoms with van der Waals surface area (Å²) in [6, 6.07) is 0. The van der Waals surface area contributed by atoms with Gasteiger partial charge in [-0.3, -0.25) is 9.69 Å². The Kier molecular flexibility index (Phi) is 7.08. The smallest absolute Gasteiger partial charge is 0.410 e. The number of carbonyl (C=O) groups is 2. The van der Waals surface area contributed by atoms with Crippen LogP contribution in [0.5, 0.6) is 0 Å². The molecule has 2 amide bonds. The van der Waals surface area contributed by atoms with E-state index in [0.29, 0.717) is 13.0 Å².